The number of rotatable bonds is 10. The molecule has 0 aliphatic rings. The molecule has 0 saturated carbocycles. The number of halogens is 1. The third kappa shape index (κ3) is 7.36. The van der Waals surface area contributed by atoms with Crippen molar-refractivity contribution in [2.24, 2.45) is 0 Å². The minimum atomic E-state index is -0.241. The van der Waals surface area contributed by atoms with Gasteiger partial charge in [0.2, 0.25) is 0 Å². The first kappa shape index (κ1) is 24.3. The summed E-state index contributed by atoms with van der Waals surface area (Å²) in [5.74, 6) is 0.995. The number of esters is 1. The Morgan fingerprint density at radius 1 is 0.909 bits per heavy atom. The Balaban J connectivity index is 1.56. The van der Waals surface area contributed by atoms with Gasteiger partial charge < -0.3 is 14.8 Å². The zero-order chi connectivity index (χ0) is 23.6. The molecule has 0 heterocycles. The van der Waals surface area contributed by atoms with Crippen LogP contribution in [0, 0.1) is 0 Å². The van der Waals surface area contributed by atoms with Crippen LogP contribution in [0.5, 0.6) is 11.5 Å². The quantitative estimate of drug-likeness (QED) is 0.386. The van der Waals surface area contributed by atoms with Gasteiger partial charge in [0.05, 0.1) is 13.0 Å². The third-order valence-electron chi connectivity index (χ3n) is 5.12. The average molecular weight is 466 g/mol. The number of ether oxygens (including phenoxy) is 2. The Kier molecular flexibility index (Phi) is 8.90. The second kappa shape index (κ2) is 12.1. The summed E-state index contributed by atoms with van der Waals surface area (Å²) in [5, 5.41) is 3.63. The molecule has 0 bridgehead atoms. The van der Waals surface area contributed by atoms with Crippen LogP contribution in [0.15, 0.2) is 66.7 Å². The van der Waals surface area contributed by atoms with E-state index in [9.17, 15) is 9.59 Å². The van der Waals surface area contributed by atoms with E-state index in [4.69, 9.17) is 21.1 Å². The largest absolute Gasteiger partial charge is 0.466 e. The summed E-state index contributed by atoms with van der Waals surface area (Å²) in [4.78, 5) is 24.2. The van der Waals surface area contributed by atoms with Gasteiger partial charge in [0.1, 0.15) is 11.5 Å². The normalized spacial score (nSPS) is 10.5. The summed E-state index contributed by atoms with van der Waals surface area (Å²) < 4.78 is 11.1. The number of carbonyl (C=O) groups is 2. The minimum absolute atomic E-state index is 0.131. The van der Waals surface area contributed by atoms with E-state index < -0.39 is 0 Å². The van der Waals surface area contributed by atoms with Crippen molar-refractivity contribution in [1.82, 2.24) is 5.32 Å². The summed E-state index contributed by atoms with van der Waals surface area (Å²) >= 11 is 5.90. The maximum atomic E-state index is 12.4. The van der Waals surface area contributed by atoms with Crippen molar-refractivity contribution in [1.29, 1.82) is 0 Å². The van der Waals surface area contributed by atoms with Gasteiger partial charge >= 0.3 is 5.97 Å². The Morgan fingerprint density at radius 2 is 1.61 bits per heavy atom. The van der Waals surface area contributed by atoms with Gasteiger partial charge in [-0.3, -0.25) is 9.59 Å². The molecule has 33 heavy (non-hydrogen) atoms. The molecule has 0 saturated heterocycles. The van der Waals surface area contributed by atoms with Crippen molar-refractivity contribution in [2.45, 2.75) is 33.1 Å². The van der Waals surface area contributed by atoms with Crippen molar-refractivity contribution in [3.8, 4) is 11.5 Å². The lowest BCUT2D eigenvalue weighted by atomic mass is 10.1. The van der Waals surface area contributed by atoms with Crippen LogP contribution in [-0.4, -0.2) is 25.0 Å². The van der Waals surface area contributed by atoms with E-state index in [1.807, 2.05) is 49.4 Å². The maximum Gasteiger partial charge on any atom is 0.310 e. The lowest BCUT2D eigenvalue weighted by Gasteiger charge is -2.12. The SMILES string of the molecule is CCOC(=O)Cc1ccc(Oc2ccc(C(=O)NCCc3ccc(Cl)cc3)cc2)c(CC)c1. The van der Waals surface area contributed by atoms with Gasteiger partial charge in [-0.05, 0) is 78.9 Å². The second-order valence-corrected chi connectivity index (χ2v) is 7.97. The fraction of sp³-hybridized carbons (Fsp3) is 0.259. The van der Waals surface area contributed by atoms with Gasteiger partial charge in [0.15, 0.2) is 0 Å². The lowest BCUT2D eigenvalue weighted by molar-refractivity contribution is -0.142. The molecule has 3 rings (SSSR count). The van der Waals surface area contributed by atoms with Crippen molar-refractivity contribution in [2.75, 3.05) is 13.2 Å². The van der Waals surface area contributed by atoms with E-state index in [0.29, 0.717) is 29.5 Å². The number of hydrogen-bond acceptors (Lipinski definition) is 4. The molecule has 3 aromatic rings. The topological polar surface area (TPSA) is 64.6 Å². The van der Waals surface area contributed by atoms with Crippen molar-refractivity contribution < 1.29 is 19.1 Å². The van der Waals surface area contributed by atoms with Crippen LogP contribution in [0.25, 0.3) is 0 Å². The molecular formula is C27H28ClNO4. The van der Waals surface area contributed by atoms with E-state index in [0.717, 1.165) is 35.3 Å². The molecule has 1 N–H and O–H groups in total. The molecule has 0 radical (unpaired) electrons. The van der Waals surface area contributed by atoms with Crippen molar-refractivity contribution in [3.05, 3.63) is 94.0 Å². The summed E-state index contributed by atoms with van der Waals surface area (Å²) in [6.07, 6.45) is 1.74. The van der Waals surface area contributed by atoms with Gasteiger partial charge in [-0.15, -0.1) is 0 Å². The number of aryl methyl sites for hydroxylation is 1. The Labute approximate surface area is 199 Å². The highest BCUT2D eigenvalue weighted by Crippen LogP contribution is 2.27. The van der Waals surface area contributed by atoms with E-state index in [1.54, 1.807) is 31.2 Å². The molecule has 0 aromatic heterocycles. The fourth-order valence-electron chi connectivity index (χ4n) is 3.37. The number of nitrogens with one attached hydrogen (secondary N) is 1. The molecule has 6 heteroatoms. The summed E-state index contributed by atoms with van der Waals surface area (Å²) in [5.41, 5.74) is 3.58. The molecule has 0 aliphatic heterocycles. The number of carbonyl (C=O) groups excluding carboxylic acids is 2. The Morgan fingerprint density at radius 3 is 2.27 bits per heavy atom. The summed E-state index contributed by atoms with van der Waals surface area (Å²) in [6, 6.07) is 20.3. The standard InChI is InChI=1S/C27H28ClNO4/c1-3-21-17-20(18-26(30)32-4-2)7-14-25(21)33-24-12-8-22(9-13-24)27(31)29-16-15-19-5-10-23(28)11-6-19/h5-14,17H,3-4,15-16,18H2,1-2H3,(H,29,31). The third-order valence-corrected chi connectivity index (χ3v) is 5.37. The lowest BCUT2D eigenvalue weighted by Crippen LogP contribution is -2.25. The van der Waals surface area contributed by atoms with E-state index in [-0.39, 0.29) is 18.3 Å². The van der Waals surface area contributed by atoms with Crippen LogP contribution < -0.4 is 10.1 Å². The maximum absolute atomic E-state index is 12.4. The Bertz CT molecular complexity index is 1080. The first-order chi connectivity index (χ1) is 16.0. The molecule has 0 unspecified atom stereocenters. The molecule has 0 spiro atoms. The van der Waals surface area contributed by atoms with Crippen LogP contribution in [-0.2, 0) is 28.8 Å². The summed E-state index contributed by atoms with van der Waals surface area (Å²) in [7, 11) is 0. The van der Waals surface area contributed by atoms with Gasteiger partial charge in [0.25, 0.3) is 5.91 Å². The number of amides is 1. The molecule has 0 aliphatic carbocycles. The van der Waals surface area contributed by atoms with Crippen LogP contribution in [0.1, 0.15) is 40.9 Å². The predicted molar refractivity (Wildman–Crippen MR) is 130 cm³/mol. The Hall–Kier alpha value is -3.31. The van der Waals surface area contributed by atoms with E-state index >= 15 is 0 Å². The fourth-order valence-corrected chi connectivity index (χ4v) is 3.50. The highest BCUT2D eigenvalue weighted by Gasteiger charge is 2.10. The van der Waals surface area contributed by atoms with Crippen LogP contribution in [0.3, 0.4) is 0 Å². The average Bonchev–Trinajstić information content (AvgIpc) is 2.82. The molecule has 0 atom stereocenters. The number of benzene rings is 3. The second-order valence-electron chi connectivity index (χ2n) is 7.54. The highest BCUT2D eigenvalue weighted by atomic mass is 35.5. The predicted octanol–water partition coefficient (Wildman–Crippen LogP) is 5.77. The molecule has 1 amide bonds. The van der Waals surface area contributed by atoms with Gasteiger partial charge in [-0.1, -0.05) is 42.8 Å². The zero-order valence-electron chi connectivity index (χ0n) is 18.9. The van der Waals surface area contributed by atoms with Gasteiger partial charge in [-0.2, -0.15) is 0 Å². The zero-order valence-corrected chi connectivity index (χ0v) is 19.7. The molecule has 172 valence electrons. The first-order valence-corrected chi connectivity index (χ1v) is 11.4. The highest BCUT2D eigenvalue weighted by molar-refractivity contribution is 6.30. The molecule has 0 fully saturated rings. The van der Waals surface area contributed by atoms with Crippen molar-refractivity contribution in [3.63, 3.8) is 0 Å². The van der Waals surface area contributed by atoms with E-state index in [1.165, 1.54) is 0 Å². The van der Waals surface area contributed by atoms with Crippen LogP contribution in [0.4, 0.5) is 0 Å². The smallest absolute Gasteiger partial charge is 0.310 e. The monoisotopic (exact) mass is 465 g/mol. The first-order valence-electron chi connectivity index (χ1n) is 11.1. The van der Waals surface area contributed by atoms with E-state index in [2.05, 4.69) is 5.32 Å². The molecule has 3 aromatic carbocycles. The summed E-state index contributed by atoms with van der Waals surface area (Å²) in [6.45, 7) is 4.74. The number of hydrogen-bond donors (Lipinski definition) is 1. The molecule has 5 nitrogen and oxygen atoms in total. The van der Waals surface area contributed by atoms with Gasteiger partial charge in [-0.25, -0.2) is 0 Å². The van der Waals surface area contributed by atoms with Crippen molar-refractivity contribution >= 4 is 23.5 Å². The molecular weight excluding hydrogens is 438 g/mol. The van der Waals surface area contributed by atoms with Gasteiger partial charge in [0, 0.05) is 17.1 Å². The van der Waals surface area contributed by atoms with Crippen LogP contribution >= 0.6 is 11.6 Å². The minimum Gasteiger partial charge on any atom is -0.466 e. The van der Waals surface area contributed by atoms with Crippen LogP contribution in [0.2, 0.25) is 5.02 Å².